The Bertz CT molecular complexity index is 748. The molecule has 0 saturated carbocycles. The predicted octanol–water partition coefficient (Wildman–Crippen LogP) is 3.12. The highest BCUT2D eigenvalue weighted by atomic mass is 16.6. The number of rotatable bonds is 3. The molecule has 1 fully saturated rings. The van der Waals surface area contributed by atoms with Crippen molar-refractivity contribution in [2.24, 2.45) is 0 Å². The number of piperidine rings is 1. The van der Waals surface area contributed by atoms with Gasteiger partial charge in [-0.05, 0) is 55.1 Å². The minimum atomic E-state index is -0.0139. The van der Waals surface area contributed by atoms with Crippen LogP contribution in [0.2, 0.25) is 0 Å². The van der Waals surface area contributed by atoms with Crippen molar-refractivity contribution < 1.29 is 19.7 Å². The number of phenolic OH excluding ortho intramolecular Hbond substituents is 2. The van der Waals surface area contributed by atoms with Crippen LogP contribution in [-0.4, -0.2) is 47.5 Å². The maximum absolute atomic E-state index is 9.72. The van der Waals surface area contributed by atoms with E-state index >= 15 is 0 Å². The number of fused-ring (bicyclic) bond motifs is 1. The van der Waals surface area contributed by atoms with E-state index < -0.39 is 0 Å². The summed E-state index contributed by atoms with van der Waals surface area (Å²) in [5.41, 5.74) is 1.20. The zero-order valence-corrected chi connectivity index (χ0v) is 14.1. The quantitative estimate of drug-likeness (QED) is 0.898. The van der Waals surface area contributed by atoms with Gasteiger partial charge in [-0.25, -0.2) is 0 Å². The Labute approximate surface area is 147 Å². The first-order chi connectivity index (χ1) is 12.2. The van der Waals surface area contributed by atoms with Crippen molar-refractivity contribution in [3.05, 3.63) is 48.0 Å². The first kappa shape index (κ1) is 16.1. The summed E-state index contributed by atoms with van der Waals surface area (Å²) < 4.78 is 11.8. The van der Waals surface area contributed by atoms with Crippen LogP contribution in [0.4, 0.5) is 0 Å². The van der Waals surface area contributed by atoms with Crippen molar-refractivity contribution in [1.29, 1.82) is 0 Å². The van der Waals surface area contributed by atoms with Gasteiger partial charge in [0.25, 0.3) is 0 Å². The Kier molecular flexibility index (Phi) is 4.40. The summed E-state index contributed by atoms with van der Waals surface area (Å²) in [6.07, 6.45) is 2.27. The fourth-order valence-corrected chi connectivity index (χ4v) is 3.75. The van der Waals surface area contributed by atoms with E-state index in [1.165, 1.54) is 5.56 Å². The zero-order valence-electron chi connectivity index (χ0n) is 14.1. The number of nitrogens with zero attached hydrogens (tertiary/aromatic N) is 1. The monoisotopic (exact) mass is 341 g/mol. The molecule has 2 atom stereocenters. The molecule has 0 bridgehead atoms. The van der Waals surface area contributed by atoms with Crippen molar-refractivity contribution in [3.8, 4) is 23.0 Å². The summed E-state index contributed by atoms with van der Waals surface area (Å²) in [4.78, 5) is 2.41. The molecule has 0 spiro atoms. The normalized spacial score (nSPS) is 23.4. The highest BCUT2D eigenvalue weighted by molar-refractivity contribution is 5.46. The molecule has 0 radical (unpaired) electrons. The van der Waals surface area contributed by atoms with E-state index in [0.29, 0.717) is 29.8 Å². The number of likely N-dealkylation sites (tertiary alicyclic amines) is 1. The van der Waals surface area contributed by atoms with Crippen LogP contribution in [0.25, 0.3) is 0 Å². The number of aromatic hydroxyl groups is 2. The van der Waals surface area contributed by atoms with E-state index in [2.05, 4.69) is 11.0 Å². The van der Waals surface area contributed by atoms with Gasteiger partial charge >= 0.3 is 0 Å². The van der Waals surface area contributed by atoms with Crippen LogP contribution in [0.1, 0.15) is 24.3 Å². The van der Waals surface area contributed by atoms with E-state index in [1.807, 2.05) is 12.1 Å². The van der Waals surface area contributed by atoms with Gasteiger partial charge in [-0.15, -0.1) is 0 Å². The highest BCUT2D eigenvalue weighted by Gasteiger charge is 2.27. The van der Waals surface area contributed by atoms with Crippen molar-refractivity contribution in [1.82, 2.24) is 4.90 Å². The molecular weight excluding hydrogens is 318 g/mol. The van der Waals surface area contributed by atoms with Crippen LogP contribution < -0.4 is 9.47 Å². The van der Waals surface area contributed by atoms with Crippen molar-refractivity contribution in [2.75, 3.05) is 26.2 Å². The molecule has 0 unspecified atom stereocenters. The molecule has 132 valence electrons. The lowest BCUT2D eigenvalue weighted by molar-refractivity contribution is 0.0502. The molecule has 0 aromatic heterocycles. The lowest BCUT2D eigenvalue weighted by atomic mass is 9.90. The average molecular weight is 341 g/mol. The van der Waals surface area contributed by atoms with Crippen LogP contribution in [0.3, 0.4) is 0 Å². The first-order valence-electron chi connectivity index (χ1n) is 8.81. The molecule has 2 N–H and O–H groups in total. The van der Waals surface area contributed by atoms with Crippen LogP contribution in [0.5, 0.6) is 23.0 Å². The molecule has 4 rings (SSSR count). The lowest BCUT2D eigenvalue weighted by Gasteiger charge is -2.36. The number of hydrogen-bond acceptors (Lipinski definition) is 5. The zero-order chi connectivity index (χ0) is 17.2. The van der Waals surface area contributed by atoms with Gasteiger partial charge < -0.3 is 19.7 Å². The number of ether oxygens (including phenoxy) is 2. The SMILES string of the molecule is Oc1cccc([C@H]2CCCN(C[C@H]3COc4cc(O)ccc4O3)C2)c1. The smallest absolute Gasteiger partial charge is 0.165 e. The molecule has 0 aliphatic carbocycles. The number of benzene rings is 2. The molecule has 2 aliphatic rings. The van der Waals surface area contributed by atoms with Gasteiger partial charge in [0, 0.05) is 19.2 Å². The van der Waals surface area contributed by atoms with Gasteiger partial charge in [0.15, 0.2) is 11.5 Å². The lowest BCUT2D eigenvalue weighted by Crippen LogP contribution is -2.44. The standard InChI is InChI=1S/C20H23NO4/c22-16-5-1-3-14(9-16)15-4-2-8-21(11-15)12-18-13-24-20-10-17(23)6-7-19(20)25-18/h1,3,5-7,9-10,15,18,22-23H,2,4,8,11-13H2/t15-,18-/m0/s1. The second-order valence-corrected chi connectivity index (χ2v) is 6.88. The van der Waals surface area contributed by atoms with E-state index in [0.717, 1.165) is 32.5 Å². The van der Waals surface area contributed by atoms with Crippen molar-refractivity contribution >= 4 is 0 Å². The third kappa shape index (κ3) is 3.66. The minimum absolute atomic E-state index is 0.0139. The Morgan fingerprint density at radius 1 is 1.04 bits per heavy atom. The summed E-state index contributed by atoms with van der Waals surface area (Å²) >= 11 is 0. The highest BCUT2D eigenvalue weighted by Crippen LogP contribution is 2.35. The van der Waals surface area contributed by atoms with E-state index in [-0.39, 0.29) is 11.9 Å². The molecule has 5 heteroatoms. The van der Waals surface area contributed by atoms with Crippen molar-refractivity contribution in [3.63, 3.8) is 0 Å². The van der Waals surface area contributed by atoms with E-state index in [1.54, 1.807) is 24.3 Å². The average Bonchev–Trinajstić information content (AvgIpc) is 2.62. The summed E-state index contributed by atoms with van der Waals surface area (Å²) in [7, 11) is 0. The summed E-state index contributed by atoms with van der Waals surface area (Å²) in [6, 6.07) is 12.5. The molecule has 5 nitrogen and oxygen atoms in total. The molecule has 2 aromatic carbocycles. The Morgan fingerprint density at radius 2 is 1.92 bits per heavy atom. The first-order valence-corrected chi connectivity index (χ1v) is 8.81. The fraction of sp³-hybridized carbons (Fsp3) is 0.400. The summed E-state index contributed by atoms with van der Waals surface area (Å²) in [5, 5.41) is 19.2. The third-order valence-electron chi connectivity index (χ3n) is 4.95. The van der Waals surface area contributed by atoms with Crippen LogP contribution in [0, 0.1) is 0 Å². The minimum Gasteiger partial charge on any atom is -0.508 e. The van der Waals surface area contributed by atoms with Crippen LogP contribution >= 0.6 is 0 Å². The van der Waals surface area contributed by atoms with Crippen LogP contribution in [0.15, 0.2) is 42.5 Å². The molecule has 2 aliphatic heterocycles. The second-order valence-electron chi connectivity index (χ2n) is 6.88. The Morgan fingerprint density at radius 3 is 2.80 bits per heavy atom. The maximum atomic E-state index is 9.72. The summed E-state index contributed by atoms with van der Waals surface area (Å²) in [5.74, 6) is 2.25. The second kappa shape index (κ2) is 6.84. The predicted molar refractivity (Wildman–Crippen MR) is 94.5 cm³/mol. The van der Waals surface area contributed by atoms with Crippen LogP contribution in [-0.2, 0) is 0 Å². The van der Waals surface area contributed by atoms with E-state index in [4.69, 9.17) is 9.47 Å². The van der Waals surface area contributed by atoms with Gasteiger partial charge in [-0.2, -0.15) is 0 Å². The van der Waals surface area contributed by atoms with Gasteiger partial charge in [-0.1, -0.05) is 12.1 Å². The van der Waals surface area contributed by atoms with E-state index in [9.17, 15) is 10.2 Å². The molecule has 0 amide bonds. The molecular formula is C20H23NO4. The molecule has 2 heterocycles. The largest absolute Gasteiger partial charge is 0.508 e. The van der Waals surface area contributed by atoms with Gasteiger partial charge in [0.1, 0.15) is 24.2 Å². The molecule has 2 aromatic rings. The van der Waals surface area contributed by atoms with Gasteiger partial charge in [0.2, 0.25) is 0 Å². The fourth-order valence-electron chi connectivity index (χ4n) is 3.75. The van der Waals surface area contributed by atoms with Crippen molar-refractivity contribution in [2.45, 2.75) is 24.9 Å². The Balaban J connectivity index is 1.39. The van der Waals surface area contributed by atoms with Gasteiger partial charge in [-0.3, -0.25) is 4.90 Å². The third-order valence-corrected chi connectivity index (χ3v) is 4.95. The maximum Gasteiger partial charge on any atom is 0.165 e. The number of hydrogen-bond donors (Lipinski definition) is 2. The number of phenols is 2. The Hall–Kier alpha value is -2.40. The molecule has 1 saturated heterocycles. The molecule has 25 heavy (non-hydrogen) atoms. The van der Waals surface area contributed by atoms with Gasteiger partial charge in [0.05, 0.1) is 0 Å². The topological polar surface area (TPSA) is 62.2 Å². The summed E-state index contributed by atoms with van der Waals surface area (Å²) in [6.45, 7) is 3.32.